The van der Waals surface area contributed by atoms with Crippen molar-refractivity contribution in [1.29, 1.82) is 0 Å². The second-order valence-electron chi connectivity index (χ2n) is 6.85. The highest BCUT2D eigenvalue weighted by atomic mass is 35.5. The molecule has 2 aromatic heterocycles. The number of rotatable bonds is 8. The fraction of sp³-hybridized carbons (Fsp3) is 0.160. The average Bonchev–Trinajstić information content (AvgIpc) is 2.78. The smallest absolute Gasteiger partial charge is 0.169 e. The summed E-state index contributed by atoms with van der Waals surface area (Å²) < 4.78 is 4.09. The summed E-state index contributed by atoms with van der Waals surface area (Å²) >= 11 is 13.0. The molecule has 5 heteroatoms. The highest BCUT2D eigenvalue weighted by molar-refractivity contribution is 6.35. The van der Waals surface area contributed by atoms with Gasteiger partial charge in [-0.05, 0) is 41.3 Å². The van der Waals surface area contributed by atoms with Crippen LogP contribution < -0.4 is 9.13 Å². The number of aryl methyl sites for hydroxylation is 2. The van der Waals surface area contributed by atoms with Gasteiger partial charge in [0.2, 0.25) is 0 Å². The minimum Gasteiger partial charge on any atom is -0.303 e. The van der Waals surface area contributed by atoms with E-state index >= 15 is 0 Å². The van der Waals surface area contributed by atoms with Crippen molar-refractivity contribution in [3.8, 4) is 0 Å². The third-order valence-corrected chi connectivity index (χ3v) is 5.39. The quantitative estimate of drug-likeness (QED) is 0.335. The van der Waals surface area contributed by atoms with Crippen LogP contribution in [0.4, 0.5) is 0 Å². The lowest BCUT2D eigenvalue weighted by Crippen LogP contribution is -2.32. The summed E-state index contributed by atoms with van der Waals surface area (Å²) in [7, 11) is 0. The highest BCUT2D eigenvalue weighted by Crippen LogP contribution is 2.28. The third kappa shape index (κ3) is 6.12. The maximum Gasteiger partial charge on any atom is 0.169 e. The molecule has 3 nitrogen and oxygen atoms in total. The SMILES string of the molecule is CC[n+]1ccc(/C=C/c2cc(Cl)c(/C=C/c3cc[n+](CCC=O)cc3)cc2Cl)cc1. The maximum absolute atomic E-state index is 10.5. The van der Waals surface area contributed by atoms with Crippen molar-refractivity contribution in [2.45, 2.75) is 26.4 Å². The Hall–Kier alpha value is -2.75. The summed E-state index contributed by atoms with van der Waals surface area (Å²) in [5, 5.41) is 1.29. The van der Waals surface area contributed by atoms with Gasteiger partial charge in [-0.2, -0.15) is 0 Å². The van der Waals surface area contributed by atoms with E-state index in [1.807, 2.05) is 65.5 Å². The zero-order valence-electron chi connectivity index (χ0n) is 16.8. The van der Waals surface area contributed by atoms with Crippen LogP contribution in [0.3, 0.4) is 0 Å². The molecule has 152 valence electrons. The Labute approximate surface area is 187 Å². The van der Waals surface area contributed by atoms with Gasteiger partial charge in [0.25, 0.3) is 0 Å². The first kappa shape index (κ1) is 21.9. The molecule has 1 aromatic carbocycles. The van der Waals surface area contributed by atoms with Crippen LogP contribution in [0.5, 0.6) is 0 Å². The van der Waals surface area contributed by atoms with Gasteiger partial charge < -0.3 is 4.79 Å². The number of aromatic nitrogens is 2. The fourth-order valence-electron chi connectivity index (χ4n) is 2.93. The van der Waals surface area contributed by atoms with Crippen LogP contribution in [-0.2, 0) is 17.9 Å². The topological polar surface area (TPSA) is 24.8 Å². The summed E-state index contributed by atoms with van der Waals surface area (Å²) in [6.45, 7) is 3.74. The Morgan fingerprint density at radius 3 is 1.67 bits per heavy atom. The number of hydrogen-bond donors (Lipinski definition) is 0. The second-order valence-corrected chi connectivity index (χ2v) is 7.66. The van der Waals surface area contributed by atoms with E-state index in [2.05, 4.69) is 36.0 Å². The van der Waals surface area contributed by atoms with Crippen molar-refractivity contribution in [3.63, 3.8) is 0 Å². The van der Waals surface area contributed by atoms with E-state index in [1.54, 1.807) is 0 Å². The van der Waals surface area contributed by atoms with Crippen molar-refractivity contribution in [2.75, 3.05) is 0 Å². The fourth-order valence-corrected chi connectivity index (χ4v) is 3.40. The molecule has 0 radical (unpaired) electrons. The number of pyridine rings is 2. The van der Waals surface area contributed by atoms with Crippen molar-refractivity contribution in [2.24, 2.45) is 0 Å². The molecule has 0 spiro atoms. The lowest BCUT2D eigenvalue weighted by Gasteiger charge is -2.04. The van der Waals surface area contributed by atoms with Crippen molar-refractivity contribution < 1.29 is 13.9 Å². The number of benzene rings is 1. The third-order valence-electron chi connectivity index (χ3n) is 4.73. The Kier molecular flexibility index (Phi) is 7.95. The van der Waals surface area contributed by atoms with E-state index in [9.17, 15) is 4.79 Å². The van der Waals surface area contributed by atoms with Gasteiger partial charge in [0.05, 0.1) is 6.42 Å². The molecule has 0 aliphatic heterocycles. The van der Waals surface area contributed by atoms with Crippen molar-refractivity contribution >= 4 is 53.8 Å². The highest BCUT2D eigenvalue weighted by Gasteiger charge is 2.05. The predicted molar refractivity (Wildman–Crippen MR) is 124 cm³/mol. The Bertz CT molecular complexity index is 1060. The summed E-state index contributed by atoms with van der Waals surface area (Å²) in [6, 6.07) is 11.9. The van der Waals surface area contributed by atoms with Crippen LogP contribution in [0.15, 0.2) is 61.2 Å². The van der Waals surface area contributed by atoms with Gasteiger partial charge in [-0.1, -0.05) is 47.5 Å². The minimum absolute atomic E-state index is 0.512. The molecule has 0 amide bonds. The normalized spacial score (nSPS) is 11.4. The zero-order chi connectivity index (χ0) is 21.3. The van der Waals surface area contributed by atoms with Crippen LogP contribution >= 0.6 is 23.2 Å². The second kappa shape index (κ2) is 10.9. The van der Waals surface area contributed by atoms with Gasteiger partial charge in [0, 0.05) is 34.3 Å². The standard InChI is InChI=1S/C25H24Cl2N2O/c1-2-28-13-8-20(9-14-28)4-6-22-18-25(27)23(19-24(22)26)7-5-21-10-15-29(16-11-21)12-3-17-30/h4-11,13-19H,2-3,12H2,1H3/q+2/b6-4+,7-5+. The van der Waals surface area contributed by atoms with E-state index in [0.29, 0.717) is 23.0 Å². The summed E-state index contributed by atoms with van der Waals surface area (Å²) in [5.74, 6) is 0. The summed E-state index contributed by atoms with van der Waals surface area (Å²) in [4.78, 5) is 10.5. The molecule has 0 atom stereocenters. The number of hydrogen-bond acceptors (Lipinski definition) is 1. The van der Waals surface area contributed by atoms with Gasteiger partial charge in [0.1, 0.15) is 12.8 Å². The molecule has 3 aromatic rings. The Morgan fingerprint density at radius 2 is 1.23 bits per heavy atom. The van der Waals surface area contributed by atoms with Gasteiger partial charge in [-0.15, -0.1) is 0 Å². The molecule has 0 aliphatic rings. The van der Waals surface area contributed by atoms with Gasteiger partial charge in [-0.25, -0.2) is 9.13 Å². The molecule has 0 unspecified atom stereocenters. The summed E-state index contributed by atoms with van der Waals surface area (Å²) in [5.41, 5.74) is 3.88. The lowest BCUT2D eigenvalue weighted by molar-refractivity contribution is -0.695. The monoisotopic (exact) mass is 438 g/mol. The lowest BCUT2D eigenvalue weighted by atomic mass is 10.1. The first-order chi connectivity index (χ1) is 14.6. The molecule has 2 heterocycles. The van der Waals surface area contributed by atoms with Crippen LogP contribution in [0, 0.1) is 0 Å². The molecule has 0 saturated heterocycles. The largest absolute Gasteiger partial charge is 0.303 e. The van der Waals surface area contributed by atoms with E-state index in [-0.39, 0.29) is 0 Å². The number of aldehydes is 1. The Balaban J connectivity index is 1.72. The molecule has 3 rings (SSSR count). The number of carbonyl (C=O) groups is 1. The first-order valence-electron chi connectivity index (χ1n) is 9.86. The average molecular weight is 439 g/mol. The molecule has 0 saturated carbocycles. The van der Waals surface area contributed by atoms with Gasteiger partial charge in [-0.3, -0.25) is 0 Å². The van der Waals surface area contributed by atoms with Crippen molar-refractivity contribution in [1.82, 2.24) is 0 Å². The molecular weight excluding hydrogens is 415 g/mol. The number of carbonyl (C=O) groups excluding carboxylic acids is 1. The molecule has 0 aliphatic carbocycles. The number of halogens is 2. The maximum atomic E-state index is 10.5. The molecular formula is C25H24Cl2N2O+2. The Morgan fingerprint density at radius 1 is 0.767 bits per heavy atom. The minimum atomic E-state index is 0.512. The molecule has 0 bridgehead atoms. The van der Waals surface area contributed by atoms with E-state index in [4.69, 9.17) is 23.2 Å². The van der Waals surface area contributed by atoms with E-state index in [0.717, 1.165) is 35.1 Å². The van der Waals surface area contributed by atoms with Gasteiger partial charge >= 0.3 is 0 Å². The number of nitrogens with zero attached hydrogens (tertiary/aromatic N) is 2. The molecule has 0 N–H and O–H groups in total. The van der Waals surface area contributed by atoms with E-state index < -0.39 is 0 Å². The van der Waals surface area contributed by atoms with Crippen LogP contribution in [0.2, 0.25) is 10.0 Å². The van der Waals surface area contributed by atoms with E-state index in [1.165, 1.54) is 0 Å². The molecule has 30 heavy (non-hydrogen) atoms. The van der Waals surface area contributed by atoms with Gasteiger partial charge in [0.15, 0.2) is 31.3 Å². The summed E-state index contributed by atoms with van der Waals surface area (Å²) in [6.07, 6.45) is 17.4. The van der Waals surface area contributed by atoms with Crippen molar-refractivity contribution in [3.05, 3.63) is 93.5 Å². The van der Waals surface area contributed by atoms with Crippen LogP contribution in [-0.4, -0.2) is 6.29 Å². The van der Waals surface area contributed by atoms with Crippen LogP contribution in [0.25, 0.3) is 24.3 Å². The molecule has 0 fully saturated rings. The predicted octanol–water partition coefficient (Wildman–Crippen LogP) is 5.52. The zero-order valence-corrected chi connectivity index (χ0v) is 18.4. The first-order valence-corrected chi connectivity index (χ1v) is 10.6. The van der Waals surface area contributed by atoms with Crippen LogP contribution in [0.1, 0.15) is 35.6 Å².